The molecule has 8 nitrogen and oxygen atoms in total. The molecule has 0 saturated carbocycles. The van der Waals surface area contributed by atoms with Gasteiger partial charge in [-0.15, -0.1) is 0 Å². The molecular weight excluding hydrogens is 575 g/mol. The van der Waals surface area contributed by atoms with E-state index >= 15 is 0 Å². The Labute approximate surface area is 214 Å². The standard InChI is InChI=1S/C21H17F9N4O4S/c22-19(23,24)12-1-2-15(17(31)35)16(10-12)33-3-5-34(6-4-33)39(37,38)32-18(36)11-7-13(20(25,26)27)9-14(8-11)21(28,29)30/h1-2,7-10H,3-6H2,(H2,31,35)(H,32,36). The zero-order chi connectivity index (χ0) is 29.6. The molecule has 0 aromatic heterocycles. The first-order valence-corrected chi connectivity index (χ1v) is 12.0. The average Bonchev–Trinajstić information content (AvgIpc) is 2.81. The van der Waals surface area contributed by atoms with Gasteiger partial charge in [-0.1, -0.05) is 0 Å². The summed E-state index contributed by atoms with van der Waals surface area (Å²) in [6.07, 6.45) is -15.3. The molecule has 1 aliphatic rings. The zero-order valence-corrected chi connectivity index (χ0v) is 20.0. The number of nitrogens with two attached hydrogens (primary N) is 1. The van der Waals surface area contributed by atoms with Gasteiger partial charge in [0.2, 0.25) is 0 Å². The lowest BCUT2D eigenvalue weighted by Gasteiger charge is -2.36. The minimum Gasteiger partial charge on any atom is -0.368 e. The van der Waals surface area contributed by atoms with Gasteiger partial charge in [-0.3, -0.25) is 9.59 Å². The van der Waals surface area contributed by atoms with Crippen LogP contribution in [0.25, 0.3) is 0 Å². The summed E-state index contributed by atoms with van der Waals surface area (Å²) in [5, 5.41) is 0. The maximum atomic E-state index is 13.1. The first-order chi connectivity index (χ1) is 17.7. The molecule has 18 heteroatoms. The zero-order valence-electron chi connectivity index (χ0n) is 19.2. The van der Waals surface area contributed by atoms with Crippen LogP contribution in [0.5, 0.6) is 0 Å². The third kappa shape index (κ3) is 6.92. The minimum absolute atomic E-state index is 0.0526. The van der Waals surface area contributed by atoms with E-state index in [-0.39, 0.29) is 42.5 Å². The Hall–Kier alpha value is -3.54. The van der Waals surface area contributed by atoms with Gasteiger partial charge in [-0.05, 0) is 36.4 Å². The number of carbonyl (C=O) groups excluding carboxylic acids is 2. The molecule has 1 fully saturated rings. The van der Waals surface area contributed by atoms with E-state index in [2.05, 4.69) is 0 Å². The van der Waals surface area contributed by atoms with Crippen LogP contribution in [0.2, 0.25) is 0 Å². The Morgan fingerprint density at radius 2 is 1.23 bits per heavy atom. The number of anilines is 1. The van der Waals surface area contributed by atoms with Crippen LogP contribution in [0.15, 0.2) is 36.4 Å². The van der Waals surface area contributed by atoms with E-state index in [0.717, 1.165) is 6.07 Å². The van der Waals surface area contributed by atoms with Crippen molar-refractivity contribution in [3.8, 4) is 0 Å². The lowest BCUT2D eigenvalue weighted by molar-refractivity contribution is -0.143. The van der Waals surface area contributed by atoms with Crippen LogP contribution < -0.4 is 15.4 Å². The summed E-state index contributed by atoms with van der Waals surface area (Å²) in [5.41, 5.74) is -1.30. The Morgan fingerprint density at radius 3 is 1.67 bits per heavy atom. The first kappa shape index (κ1) is 30.0. The van der Waals surface area contributed by atoms with E-state index in [1.165, 1.54) is 9.62 Å². The number of hydrogen-bond acceptors (Lipinski definition) is 5. The molecule has 0 unspecified atom stereocenters. The fourth-order valence-electron chi connectivity index (χ4n) is 3.67. The number of halogens is 9. The van der Waals surface area contributed by atoms with Gasteiger partial charge in [0.05, 0.1) is 27.9 Å². The SMILES string of the molecule is NC(=O)c1ccc(C(F)(F)F)cc1N1CCN(S(=O)(=O)NC(=O)c2cc(C(F)(F)F)cc(C(F)(F)F)c2)CC1. The number of piperazine rings is 1. The summed E-state index contributed by atoms with van der Waals surface area (Å²) < 4.78 is 145. The average molecular weight is 592 g/mol. The van der Waals surface area contributed by atoms with Gasteiger partial charge in [0, 0.05) is 31.7 Å². The van der Waals surface area contributed by atoms with E-state index in [1.807, 2.05) is 0 Å². The van der Waals surface area contributed by atoms with Gasteiger partial charge in [-0.2, -0.15) is 52.2 Å². The largest absolute Gasteiger partial charge is 0.416 e. The fraction of sp³-hybridized carbons (Fsp3) is 0.333. The van der Waals surface area contributed by atoms with Crippen molar-refractivity contribution in [3.63, 3.8) is 0 Å². The van der Waals surface area contributed by atoms with Gasteiger partial charge in [0.15, 0.2) is 0 Å². The number of amides is 2. The normalized spacial score (nSPS) is 15.8. The molecule has 0 radical (unpaired) electrons. The summed E-state index contributed by atoms with van der Waals surface area (Å²) in [7, 11) is -4.82. The second-order valence-corrected chi connectivity index (χ2v) is 9.88. The molecule has 1 aliphatic heterocycles. The number of carbonyl (C=O) groups is 2. The van der Waals surface area contributed by atoms with Crippen molar-refractivity contribution in [1.29, 1.82) is 0 Å². The molecule has 39 heavy (non-hydrogen) atoms. The van der Waals surface area contributed by atoms with Crippen LogP contribution in [0, 0.1) is 0 Å². The Balaban J connectivity index is 1.81. The summed E-state index contributed by atoms with van der Waals surface area (Å²) >= 11 is 0. The number of benzene rings is 2. The monoisotopic (exact) mass is 592 g/mol. The molecule has 2 aromatic carbocycles. The van der Waals surface area contributed by atoms with Crippen LogP contribution in [0.4, 0.5) is 45.2 Å². The molecule has 214 valence electrons. The van der Waals surface area contributed by atoms with Gasteiger partial charge < -0.3 is 10.6 Å². The second kappa shape index (κ2) is 10.2. The predicted molar refractivity (Wildman–Crippen MR) is 117 cm³/mol. The van der Waals surface area contributed by atoms with Gasteiger partial charge in [0.1, 0.15) is 0 Å². The maximum Gasteiger partial charge on any atom is 0.416 e. The molecule has 3 N–H and O–H groups in total. The van der Waals surface area contributed by atoms with Crippen molar-refractivity contribution >= 4 is 27.7 Å². The molecule has 1 heterocycles. The topological polar surface area (TPSA) is 113 Å². The Morgan fingerprint density at radius 1 is 0.744 bits per heavy atom. The highest BCUT2D eigenvalue weighted by molar-refractivity contribution is 7.87. The molecule has 3 rings (SSSR count). The van der Waals surface area contributed by atoms with Crippen molar-refractivity contribution in [2.24, 2.45) is 5.73 Å². The molecule has 0 spiro atoms. The Bertz CT molecular complexity index is 1350. The fourth-order valence-corrected chi connectivity index (χ4v) is 4.80. The third-order valence-electron chi connectivity index (χ3n) is 5.58. The molecule has 0 aliphatic carbocycles. The van der Waals surface area contributed by atoms with Crippen LogP contribution >= 0.6 is 0 Å². The number of primary amides is 1. The Kier molecular flexibility index (Phi) is 7.86. The van der Waals surface area contributed by atoms with Crippen LogP contribution in [0.1, 0.15) is 37.4 Å². The highest BCUT2D eigenvalue weighted by Gasteiger charge is 2.38. The number of nitrogens with one attached hydrogen (secondary N) is 1. The van der Waals surface area contributed by atoms with E-state index in [9.17, 15) is 57.5 Å². The molecular formula is C21H17F9N4O4S. The number of alkyl halides is 9. The number of hydrogen-bond donors (Lipinski definition) is 2. The number of nitrogens with zero attached hydrogens (tertiary/aromatic N) is 2. The summed E-state index contributed by atoms with van der Waals surface area (Å²) in [4.78, 5) is 25.3. The lowest BCUT2D eigenvalue weighted by Crippen LogP contribution is -2.53. The number of rotatable bonds is 5. The molecule has 2 aromatic rings. The summed E-state index contributed by atoms with van der Waals surface area (Å²) in [6.45, 7) is -1.57. The highest BCUT2D eigenvalue weighted by atomic mass is 32.2. The van der Waals surface area contributed by atoms with Crippen molar-refractivity contribution in [1.82, 2.24) is 9.03 Å². The maximum absolute atomic E-state index is 13.1. The summed E-state index contributed by atoms with van der Waals surface area (Å²) in [5.74, 6) is -2.83. The second-order valence-electron chi connectivity index (χ2n) is 8.21. The van der Waals surface area contributed by atoms with E-state index in [4.69, 9.17) is 5.73 Å². The molecule has 0 bridgehead atoms. The van der Waals surface area contributed by atoms with Crippen molar-refractivity contribution < 1.29 is 57.5 Å². The summed E-state index contributed by atoms with van der Waals surface area (Å²) in [6, 6.07) is 2.01. The van der Waals surface area contributed by atoms with E-state index in [0.29, 0.717) is 16.4 Å². The minimum atomic E-state index is -5.28. The quantitative estimate of drug-likeness (QED) is 0.515. The lowest BCUT2D eigenvalue weighted by atomic mass is 10.0. The van der Waals surface area contributed by atoms with Crippen LogP contribution in [-0.2, 0) is 28.7 Å². The van der Waals surface area contributed by atoms with E-state index in [1.54, 1.807) is 0 Å². The van der Waals surface area contributed by atoms with Gasteiger partial charge >= 0.3 is 28.7 Å². The van der Waals surface area contributed by atoms with Crippen molar-refractivity contribution in [2.45, 2.75) is 18.5 Å². The van der Waals surface area contributed by atoms with Crippen LogP contribution in [0.3, 0.4) is 0 Å². The predicted octanol–water partition coefficient (Wildman–Crippen LogP) is 3.64. The van der Waals surface area contributed by atoms with E-state index < -0.39 is 75.9 Å². The highest BCUT2D eigenvalue weighted by Crippen LogP contribution is 2.37. The molecule has 1 saturated heterocycles. The first-order valence-electron chi connectivity index (χ1n) is 10.6. The molecule has 2 amide bonds. The van der Waals surface area contributed by atoms with Gasteiger partial charge in [0.25, 0.3) is 11.8 Å². The molecule has 0 atom stereocenters. The van der Waals surface area contributed by atoms with Gasteiger partial charge in [-0.25, -0.2) is 4.72 Å². The smallest absolute Gasteiger partial charge is 0.368 e. The van der Waals surface area contributed by atoms with Crippen molar-refractivity contribution in [3.05, 3.63) is 64.2 Å². The third-order valence-corrected chi connectivity index (χ3v) is 7.07. The van der Waals surface area contributed by atoms with Crippen LogP contribution in [-0.4, -0.2) is 50.7 Å². The van der Waals surface area contributed by atoms with Crippen molar-refractivity contribution in [2.75, 3.05) is 31.1 Å².